The summed E-state index contributed by atoms with van der Waals surface area (Å²) in [6.07, 6.45) is 0.698. The maximum Gasteiger partial charge on any atom is 0.231 e. The molecule has 1 aromatic carbocycles. The largest absolute Gasteiger partial charge is 0.497 e. The summed E-state index contributed by atoms with van der Waals surface area (Å²) in [7, 11) is 1.61. The van der Waals surface area contributed by atoms with Crippen LogP contribution in [-0.4, -0.2) is 35.7 Å². The van der Waals surface area contributed by atoms with Crippen LogP contribution >= 0.6 is 22.7 Å². The standard InChI is InChI=1S/C19H18N4O3S2/c1-26-14-6-4-13(5-7-14)23-11-12(9-17(23)25)18-21-22-19(28-18)20-16(24)10-15-3-2-8-27-15/h2-8,12H,9-11H2,1H3,(H,20,22,24)/t12-/m1/s1. The van der Waals surface area contributed by atoms with E-state index < -0.39 is 0 Å². The molecule has 0 aliphatic carbocycles. The van der Waals surface area contributed by atoms with E-state index in [0.717, 1.165) is 21.3 Å². The van der Waals surface area contributed by atoms with Crippen molar-refractivity contribution >= 4 is 45.3 Å². The number of aromatic nitrogens is 2. The summed E-state index contributed by atoms with van der Waals surface area (Å²) >= 11 is 2.87. The number of anilines is 2. The first-order valence-electron chi connectivity index (χ1n) is 8.72. The van der Waals surface area contributed by atoms with E-state index in [1.54, 1.807) is 23.3 Å². The predicted molar refractivity (Wildman–Crippen MR) is 109 cm³/mol. The van der Waals surface area contributed by atoms with Gasteiger partial charge in [0.25, 0.3) is 0 Å². The Kier molecular flexibility index (Phi) is 5.36. The highest BCUT2D eigenvalue weighted by Gasteiger charge is 2.34. The summed E-state index contributed by atoms with van der Waals surface area (Å²) in [5.41, 5.74) is 0.835. The lowest BCUT2D eigenvalue weighted by Gasteiger charge is -2.16. The zero-order chi connectivity index (χ0) is 19.5. The number of carbonyl (C=O) groups excluding carboxylic acids is 2. The summed E-state index contributed by atoms with van der Waals surface area (Å²) in [4.78, 5) is 27.3. The molecule has 3 heterocycles. The van der Waals surface area contributed by atoms with E-state index in [1.165, 1.54) is 11.3 Å². The monoisotopic (exact) mass is 414 g/mol. The van der Waals surface area contributed by atoms with E-state index in [2.05, 4.69) is 15.5 Å². The van der Waals surface area contributed by atoms with Crippen molar-refractivity contribution in [1.29, 1.82) is 0 Å². The Balaban J connectivity index is 1.39. The molecule has 0 radical (unpaired) electrons. The fourth-order valence-electron chi connectivity index (χ4n) is 3.07. The molecule has 2 aromatic heterocycles. The molecule has 1 N–H and O–H groups in total. The lowest BCUT2D eigenvalue weighted by Crippen LogP contribution is -2.24. The molecule has 9 heteroatoms. The third-order valence-corrected chi connectivity index (χ3v) is 6.34. The average Bonchev–Trinajstić information content (AvgIpc) is 3.43. The quantitative estimate of drug-likeness (QED) is 0.669. The molecular formula is C19H18N4O3S2. The molecule has 0 unspecified atom stereocenters. The molecule has 0 bridgehead atoms. The number of nitrogens with one attached hydrogen (secondary N) is 1. The van der Waals surface area contributed by atoms with Gasteiger partial charge in [0.05, 0.1) is 13.5 Å². The van der Waals surface area contributed by atoms with Gasteiger partial charge in [-0.25, -0.2) is 0 Å². The lowest BCUT2D eigenvalue weighted by atomic mass is 10.1. The maximum absolute atomic E-state index is 12.5. The number of methoxy groups -OCH3 is 1. The minimum Gasteiger partial charge on any atom is -0.497 e. The Morgan fingerprint density at radius 1 is 1.29 bits per heavy atom. The van der Waals surface area contributed by atoms with Gasteiger partial charge >= 0.3 is 0 Å². The Bertz CT molecular complexity index is 969. The summed E-state index contributed by atoms with van der Waals surface area (Å²) in [6, 6.07) is 11.3. The second kappa shape index (κ2) is 8.07. The Morgan fingerprint density at radius 3 is 2.82 bits per heavy atom. The highest BCUT2D eigenvalue weighted by atomic mass is 32.1. The van der Waals surface area contributed by atoms with Crippen LogP contribution in [0.3, 0.4) is 0 Å². The molecule has 1 aliphatic heterocycles. The first-order chi connectivity index (χ1) is 13.6. The van der Waals surface area contributed by atoms with Gasteiger partial charge in [-0.2, -0.15) is 0 Å². The summed E-state index contributed by atoms with van der Waals surface area (Å²) in [6.45, 7) is 0.545. The third-order valence-electron chi connectivity index (χ3n) is 4.46. The normalized spacial score (nSPS) is 16.4. The van der Waals surface area contributed by atoms with E-state index in [4.69, 9.17) is 4.74 Å². The Labute approximate surface area is 170 Å². The predicted octanol–water partition coefficient (Wildman–Crippen LogP) is 3.31. The number of benzene rings is 1. The molecule has 2 amide bonds. The molecule has 3 aromatic rings. The number of hydrogen-bond donors (Lipinski definition) is 1. The van der Waals surface area contributed by atoms with Crippen LogP contribution < -0.4 is 15.0 Å². The van der Waals surface area contributed by atoms with Gasteiger partial charge < -0.3 is 15.0 Å². The number of amides is 2. The Morgan fingerprint density at radius 2 is 2.11 bits per heavy atom. The van der Waals surface area contributed by atoms with Crippen LogP contribution in [0.2, 0.25) is 0 Å². The second-order valence-electron chi connectivity index (χ2n) is 6.35. The van der Waals surface area contributed by atoms with Crippen LogP contribution in [-0.2, 0) is 16.0 Å². The van der Waals surface area contributed by atoms with E-state index in [9.17, 15) is 9.59 Å². The zero-order valence-electron chi connectivity index (χ0n) is 15.1. The maximum atomic E-state index is 12.5. The van der Waals surface area contributed by atoms with Gasteiger partial charge in [-0.3, -0.25) is 9.59 Å². The molecule has 144 valence electrons. The minimum absolute atomic E-state index is 0.0324. The minimum atomic E-state index is -0.118. The molecule has 7 nitrogen and oxygen atoms in total. The fourth-order valence-corrected chi connectivity index (χ4v) is 4.62. The fraction of sp³-hybridized carbons (Fsp3) is 0.263. The van der Waals surface area contributed by atoms with Crippen LogP contribution in [0.4, 0.5) is 10.8 Å². The van der Waals surface area contributed by atoms with Gasteiger partial charge in [0.1, 0.15) is 10.8 Å². The SMILES string of the molecule is COc1ccc(N2C[C@H](c3nnc(NC(=O)Cc4cccs4)s3)CC2=O)cc1. The number of ether oxygens (including phenoxy) is 1. The van der Waals surface area contributed by atoms with Crippen molar-refractivity contribution in [2.45, 2.75) is 18.8 Å². The molecule has 0 saturated carbocycles. The zero-order valence-corrected chi connectivity index (χ0v) is 16.8. The van der Waals surface area contributed by atoms with Crippen molar-refractivity contribution in [3.05, 3.63) is 51.7 Å². The Hall–Kier alpha value is -2.78. The number of hydrogen-bond acceptors (Lipinski definition) is 7. The van der Waals surface area contributed by atoms with Gasteiger partial charge in [0, 0.05) is 29.4 Å². The van der Waals surface area contributed by atoms with Gasteiger partial charge in [-0.05, 0) is 35.7 Å². The second-order valence-corrected chi connectivity index (χ2v) is 8.39. The number of rotatable bonds is 6. The van der Waals surface area contributed by atoms with Crippen LogP contribution in [0.15, 0.2) is 41.8 Å². The van der Waals surface area contributed by atoms with Gasteiger partial charge in [0.15, 0.2) is 0 Å². The number of carbonyl (C=O) groups is 2. The molecule has 1 fully saturated rings. The molecule has 4 rings (SSSR count). The van der Waals surface area contributed by atoms with Crippen LogP contribution in [0, 0.1) is 0 Å². The van der Waals surface area contributed by atoms with Gasteiger partial charge in [0.2, 0.25) is 16.9 Å². The molecule has 0 spiro atoms. The van der Waals surface area contributed by atoms with E-state index in [-0.39, 0.29) is 17.7 Å². The van der Waals surface area contributed by atoms with Crippen molar-refractivity contribution in [3.63, 3.8) is 0 Å². The van der Waals surface area contributed by atoms with Crippen molar-refractivity contribution in [2.24, 2.45) is 0 Å². The van der Waals surface area contributed by atoms with Crippen LogP contribution in [0.5, 0.6) is 5.75 Å². The first kappa shape index (κ1) is 18.6. The van der Waals surface area contributed by atoms with Crippen LogP contribution in [0.25, 0.3) is 0 Å². The number of thiophene rings is 1. The molecule has 28 heavy (non-hydrogen) atoms. The summed E-state index contributed by atoms with van der Waals surface area (Å²) < 4.78 is 5.16. The molecular weight excluding hydrogens is 396 g/mol. The van der Waals surface area contributed by atoms with Crippen molar-refractivity contribution in [3.8, 4) is 5.75 Å². The number of nitrogens with zero attached hydrogens (tertiary/aromatic N) is 3. The van der Waals surface area contributed by atoms with Gasteiger partial charge in [-0.15, -0.1) is 21.5 Å². The molecule has 1 atom stereocenters. The van der Waals surface area contributed by atoms with Crippen molar-refractivity contribution < 1.29 is 14.3 Å². The lowest BCUT2D eigenvalue weighted by molar-refractivity contribution is -0.117. The first-order valence-corrected chi connectivity index (χ1v) is 10.4. The topological polar surface area (TPSA) is 84.4 Å². The average molecular weight is 415 g/mol. The third kappa shape index (κ3) is 4.05. The summed E-state index contributed by atoms with van der Waals surface area (Å²) in [5, 5.41) is 14.2. The van der Waals surface area contributed by atoms with Crippen molar-refractivity contribution in [2.75, 3.05) is 23.9 Å². The van der Waals surface area contributed by atoms with E-state index in [0.29, 0.717) is 24.5 Å². The van der Waals surface area contributed by atoms with Crippen molar-refractivity contribution in [1.82, 2.24) is 10.2 Å². The smallest absolute Gasteiger partial charge is 0.231 e. The van der Waals surface area contributed by atoms with E-state index in [1.807, 2.05) is 41.8 Å². The molecule has 1 aliphatic rings. The summed E-state index contributed by atoms with van der Waals surface area (Å²) in [5.74, 6) is 0.648. The van der Waals surface area contributed by atoms with E-state index >= 15 is 0 Å². The highest BCUT2D eigenvalue weighted by molar-refractivity contribution is 7.15. The van der Waals surface area contributed by atoms with Gasteiger partial charge in [-0.1, -0.05) is 17.4 Å². The highest BCUT2D eigenvalue weighted by Crippen LogP contribution is 2.34. The van der Waals surface area contributed by atoms with Crippen LogP contribution in [0.1, 0.15) is 22.2 Å². The molecule has 1 saturated heterocycles.